The molecule has 6 N–H and O–H groups in total. The van der Waals surface area contributed by atoms with Crippen LogP contribution in [-0.2, 0) is 9.53 Å². The zero-order valence-corrected chi connectivity index (χ0v) is 12.2. The molecule has 0 radical (unpaired) electrons. The Morgan fingerprint density at radius 2 is 2.10 bits per heavy atom. The van der Waals surface area contributed by atoms with Crippen LogP contribution in [-0.4, -0.2) is 36.6 Å². The van der Waals surface area contributed by atoms with Gasteiger partial charge in [-0.2, -0.15) is 5.10 Å². The van der Waals surface area contributed by atoms with Crippen LogP contribution in [0.5, 0.6) is 0 Å². The van der Waals surface area contributed by atoms with Crippen molar-refractivity contribution in [3.63, 3.8) is 0 Å². The minimum Gasteiger partial charge on any atom is -0.450 e. The molecular formula is C13H23N5O3. The second kappa shape index (κ2) is 11.4. The summed E-state index contributed by atoms with van der Waals surface area (Å²) in [5, 5.41) is 13.0. The number of hydrazone groups is 1. The minimum absolute atomic E-state index is 0.0652. The number of carbonyl (C=O) groups is 2. The smallest absolute Gasteiger partial charge is 0.407 e. The standard InChI is InChI=1S/C13H23N5O3/c1-2-3-4-5-8-21-13(20)17-10(6-7-12(15)19)11(9-14)18-16/h6-7,9-10,14H,2-5,8,16H2,1H3,(H2,15,19)(H,17,20)/b7-6+,14-9?,18-11?. The minimum atomic E-state index is -0.844. The van der Waals surface area contributed by atoms with E-state index in [1.165, 1.54) is 6.08 Å². The van der Waals surface area contributed by atoms with E-state index < -0.39 is 18.0 Å². The summed E-state index contributed by atoms with van der Waals surface area (Å²) in [6, 6.07) is -0.844. The molecule has 0 spiro atoms. The van der Waals surface area contributed by atoms with Gasteiger partial charge in [-0.05, 0) is 6.42 Å². The van der Waals surface area contributed by atoms with Gasteiger partial charge in [0.1, 0.15) is 5.71 Å². The van der Waals surface area contributed by atoms with Crippen LogP contribution in [0.15, 0.2) is 17.3 Å². The Morgan fingerprint density at radius 3 is 2.62 bits per heavy atom. The highest BCUT2D eigenvalue weighted by Gasteiger charge is 2.15. The van der Waals surface area contributed by atoms with E-state index in [0.29, 0.717) is 6.61 Å². The van der Waals surface area contributed by atoms with E-state index in [-0.39, 0.29) is 5.71 Å². The average molecular weight is 297 g/mol. The third-order valence-electron chi connectivity index (χ3n) is 2.57. The molecule has 0 bridgehead atoms. The summed E-state index contributed by atoms with van der Waals surface area (Å²) < 4.78 is 4.99. The number of nitrogens with zero attached hydrogens (tertiary/aromatic N) is 1. The van der Waals surface area contributed by atoms with E-state index in [2.05, 4.69) is 17.3 Å². The summed E-state index contributed by atoms with van der Waals surface area (Å²) in [5.74, 6) is 4.43. The molecule has 21 heavy (non-hydrogen) atoms. The van der Waals surface area contributed by atoms with Crippen LogP contribution < -0.4 is 16.9 Å². The Hall–Kier alpha value is -2.38. The summed E-state index contributed by atoms with van der Waals surface area (Å²) >= 11 is 0. The van der Waals surface area contributed by atoms with Crippen LogP contribution in [0.25, 0.3) is 0 Å². The Labute approximate surface area is 124 Å². The molecule has 0 aromatic rings. The van der Waals surface area contributed by atoms with Crippen molar-refractivity contribution in [3.05, 3.63) is 12.2 Å². The number of hydrogen-bond donors (Lipinski definition) is 4. The first-order valence-corrected chi connectivity index (χ1v) is 6.74. The normalized spacial score (nSPS) is 12.9. The molecule has 118 valence electrons. The molecule has 1 unspecified atom stereocenters. The van der Waals surface area contributed by atoms with Crippen molar-refractivity contribution in [3.8, 4) is 0 Å². The van der Waals surface area contributed by atoms with Gasteiger partial charge in [-0.3, -0.25) is 4.79 Å². The number of amides is 2. The third-order valence-corrected chi connectivity index (χ3v) is 2.57. The van der Waals surface area contributed by atoms with Gasteiger partial charge in [-0.15, -0.1) is 0 Å². The topological polar surface area (TPSA) is 144 Å². The summed E-state index contributed by atoms with van der Waals surface area (Å²) in [4.78, 5) is 22.3. The van der Waals surface area contributed by atoms with Gasteiger partial charge in [-0.1, -0.05) is 32.3 Å². The first-order valence-electron chi connectivity index (χ1n) is 6.74. The molecule has 0 aliphatic heterocycles. The molecule has 0 aliphatic rings. The molecule has 8 nitrogen and oxygen atoms in total. The van der Waals surface area contributed by atoms with Crippen molar-refractivity contribution in [1.29, 1.82) is 5.41 Å². The molecule has 0 fully saturated rings. The summed E-state index contributed by atoms with van der Waals surface area (Å²) in [5.41, 5.74) is 5.05. The number of alkyl carbamates (subject to hydrolysis) is 1. The first-order chi connectivity index (χ1) is 10.0. The molecule has 2 amide bonds. The van der Waals surface area contributed by atoms with E-state index in [4.69, 9.17) is 21.7 Å². The number of rotatable bonds is 10. The number of ether oxygens (including phenoxy) is 1. The largest absolute Gasteiger partial charge is 0.450 e. The highest BCUT2D eigenvalue weighted by molar-refractivity contribution is 6.32. The van der Waals surface area contributed by atoms with E-state index in [1.54, 1.807) is 0 Å². The number of unbranched alkanes of at least 4 members (excludes halogenated alkanes) is 3. The number of primary amides is 1. The van der Waals surface area contributed by atoms with Crippen LogP contribution in [0.1, 0.15) is 32.6 Å². The SMILES string of the molecule is CCCCCCOC(=O)NC(/C=C/C(N)=O)C(C=N)=NN. The highest BCUT2D eigenvalue weighted by Crippen LogP contribution is 1.99. The maximum Gasteiger partial charge on any atom is 0.407 e. The van der Waals surface area contributed by atoms with E-state index in [0.717, 1.165) is 38.0 Å². The van der Waals surface area contributed by atoms with E-state index in [9.17, 15) is 9.59 Å². The van der Waals surface area contributed by atoms with Crippen molar-refractivity contribution in [2.24, 2.45) is 16.7 Å². The maximum atomic E-state index is 11.6. The maximum absolute atomic E-state index is 11.6. The van der Waals surface area contributed by atoms with Crippen LogP contribution in [0.3, 0.4) is 0 Å². The van der Waals surface area contributed by atoms with Gasteiger partial charge < -0.3 is 27.0 Å². The lowest BCUT2D eigenvalue weighted by Crippen LogP contribution is -2.41. The lowest BCUT2D eigenvalue weighted by Gasteiger charge is -2.14. The average Bonchev–Trinajstić information content (AvgIpc) is 2.45. The zero-order chi connectivity index (χ0) is 16.1. The van der Waals surface area contributed by atoms with Gasteiger partial charge >= 0.3 is 6.09 Å². The summed E-state index contributed by atoms with van der Waals surface area (Å²) in [6.45, 7) is 2.39. The van der Waals surface area contributed by atoms with Crippen LogP contribution in [0.4, 0.5) is 4.79 Å². The first kappa shape index (κ1) is 18.6. The van der Waals surface area contributed by atoms with E-state index >= 15 is 0 Å². The summed E-state index contributed by atoms with van der Waals surface area (Å²) in [6.07, 6.45) is 6.51. The molecule has 0 rings (SSSR count). The molecule has 1 atom stereocenters. The summed E-state index contributed by atoms with van der Waals surface area (Å²) in [7, 11) is 0. The Kier molecular flexibility index (Phi) is 10.1. The van der Waals surface area contributed by atoms with E-state index in [1.807, 2.05) is 0 Å². The number of nitrogens with one attached hydrogen (secondary N) is 2. The third kappa shape index (κ3) is 9.20. The van der Waals surface area contributed by atoms with Crippen molar-refractivity contribution < 1.29 is 14.3 Å². The molecule has 0 aromatic carbocycles. The van der Waals surface area contributed by atoms with Gasteiger partial charge in [-0.25, -0.2) is 4.79 Å². The molecule has 0 aliphatic carbocycles. The fourth-order valence-corrected chi connectivity index (χ4v) is 1.48. The Morgan fingerprint density at radius 1 is 1.38 bits per heavy atom. The Balaban J connectivity index is 4.42. The van der Waals surface area contributed by atoms with Gasteiger partial charge in [0.25, 0.3) is 0 Å². The fraction of sp³-hybridized carbons (Fsp3) is 0.538. The highest BCUT2D eigenvalue weighted by atomic mass is 16.5. The predicted octanol–water partition coefficient (Wildman–Crippen LogP) is 0.667. The molecule has 0 heterocycles. The van der Waals surface area contributed by atoms with Crippen molar-refractivity contribution >= 4 is 23.9 Å². The zero-order valence-electron chi connectivity index (χ0n) is 12.2. The van der Waals surface area contributed by atoms with Crippen molar-refractivity contribution in [1.82, 2.24) is 5.32 Å². The van der Waals surface area contributed by atoms with Crippen LogP contribution in [0, 0.1) is 5.41 Å². The lowest BCUT2D eigenvalue weighted by molar-refractivity contribution is -0.113. The van der Waals surface area contributed by atoms with Gasteiger partial charge in [0.15, 0.2) is 0 Å². The fourth-order valence-electron chi connectivity index (χ4n) is 1.48. The lowest BCUT2D eigenvalue weighted by atomic mass is 10.1. The van der Waals surface area contributed by atoms with Crippen molar-refractivity contribution in [2.45, 2.75) is 38.6 Å². The monoisotopic (exact) mass is 297 g/mol. The van der Waals surface area contributed by atoms with Gasteiger partial charge in [0.2, 0.25) is 5.91 Å². The molecule has 0 saturated carbocycles. The predicted molar refractivity (Wildman–Crippen MR) is 81.2 cm³/mol. The van der Waals surface area contributed by atoms with Crippen molar-refractivity contribution in [2.75, 3.05) is 6.61 Å². The molecule has 8 heteroatoms. The van der Waals surface area contributed by atoms with Gasteiger partial charge in [0.05, 0.1) is 12.6 Å². The van der Waals surface area contributed by atoms with Crippen LogP contribution in [0.2, 0.25) is 0 Å². The van der Waals surface area contributed by atoms with Gasteiger partial charge in [0, 0.05) is 12.3 Å². The molecular weight excluding hydrogens is 274 g/mol. The number of hydrogen-bond acceptors (Lipinski definition) is 6. The second-order valence-electron chi connectivity index (χ2n) is 4.28. The molecule has 0 saturated heterocycles. The second-order valence-corrected chi connectivity index (χ2v) is 4.28. The number of carbonyl (C=O) groups excluding carboxylic acids is 2. The quantitative estimate of drug-likeness (QED) is 0.154. The number of nitrogens with two attached hydrogens (primary N) is 2. The Bertz CT molecular complexity index is 407. The van der Waals surface area contributed by atoms with Crippen LogP contribution >= 0.6 is 0 Å². The molecule has 0 aromatic heterocycles.